The van der Waals surface area contributed by atoms with Crippen molar-refractivity contribution in [3.05, 3.63) is 21.8 Å². The van der Waals surface area contributed by atoms with Gasteiger partial charge in [0.05, 0.1) is 0 Å². The van der Waals surface area contributed by atoms with Crippen LogP contribution >= 0.6 is 22.6 Å². The van der Waals surface area contributed by atoms with Gasteiger partial charge in [0.15, 0.2) is 11.4 Å². The monoisotopic (exact) mass is 280 g/mol. The van der Waals surface area contributed by atoms with E-state index in [-0.39, 0.29) is 0 Å². The van der Waals surface area contributed by atoms with Crippen LogP contribution in [0, 0.1) is 0 Å². The average molecular weight is 280 g/mol. The van der Waals surface area contributed by atoms with Crippen LogP contribution in [0.5, 0.6) is 0 Å². The number of carbonyl (C=O) groups excluding carboxylic acids is 1. The molecule has 0 spiro atoms. The highest BCUT2D eigenvalue weighted by molar-refractivity contribution is 14.1. The maximum absolute atomic E-state index is 10.9. The number of hydrogen-bond donors (Lipinski definition) is 2. The van der Waals surface area contributed by atoms with Crippen molar-refractivity contribution < 1.29 is 15.0 Å². The second-order valence-electron chi connectivity index (χ2n) is 2.71. The van der Waals surface area contributed by atoms with Gasteiger partial charge in [0.1, 0.15) is 6.10 Å². The molecule has 0 bridgehead atoms. The largest absolute Gasteiger partial charge is 0.385 e. The molecule has 2 atom stereocenters. The van der Waals surface area contributed by atoms with Crippen LogP contribution in [0.1, 0.15) is 6.92 Å². The van der Waals surface area contributed by atoms with Crippen molar-refractivity contribution in [2.45, 2.75) is 18.6 Å². The highest BCUT2D eigenvalue weighted by atomic mass is 127. The molecule has 0 heterocycles. The molecule has 0 saturated heterocycles. The zero-order chi connectivity index (χ0) is 9.35. The summed E-state index contributed by atoms with van der Waals surface area (Å²) in [5.74, 6) is -0.452. The highest BCUT2D eigenvalue weighted by Gasteiger charge is 2.38. The second-order valence-corrected chi connectivity index (χ2v) is 3.96. The van der Waals surface area contributed by atoms with Crippen LogP contribution in [0.15, 0.2) is 21.8 Å². The molecule has 0 fully saturated rings. The predicted octanol–water partition coefficient (Wildman–Crippen LogP) is 0.556. The molecular formula is C8H9IO3. The summed E-state index contributed by atoms with van der Waals surface area (Å²) in [6.07, 6.45) is 3.24. The molecule has 0 aliphatic heterocycles. The van der Waals surface area contributed by atoms with E-state index in [1.807, 2.05) is 22.6 Å². The fraction of sp³-hybridized carbons (Fsp3) is 0.375. The normalized spacial score (nSPS) is 34.7. The lowest BCUT2D eigenvalue weighted by Crippen LogP contribution is -2.46. The molecule has 0 aromatic heterocycles. The molecule has 66 valence electrons. The number of halogens is 1. The Hall–Kier alpha value is -0.200. The summed E-state index contributed by atoms with van der Waals surface area (Å²) in [7, 11) is 0. The Bertz CT molecular complexity index is 269. The Kier molecular flexibility index (Phi) is 2.70. The van der Waals surface area contributed by atoms with E-state index in [9.17, 15) is 15.0 Å². The standard InChI is InChI=1S/C8H9IO3/c1-5(10)8(12)3-2-6(9)4-7(8)11/h2-4,7,11-12H,1H3/t7-,8-/m0/s1. The van der Waals surface area contributed by atoms with Crippen LogP contribution in [0.4, 0.5) is 0 Å². The lowest BCUT2D eigenvalue weighted by molar-refractivity contribution is -0.137. The van der Waals surface area contributed by atoms with Gasteiger partial charge in [-0.05, 0) is 47.7 Å². The van der Waals surface area contributed by atoms with Crippen LogP contribution in [0.25, 0.3) is 0 Å². The third-order valence-corrected chi connectivity index (χ3v) is 2.55. The average Bonchev–Trinajstić information content (AvgIpc) is 1.97. The summed E-state index contributed by atoms with van der Waals surface area (Å²) >= 11 is 2.00. The first kappa shape index (κ1) is 9.88. The molecule has 0 aromatic rings. The zero-order valence-electron chi connectivity index (χ0n) is 6.49. The van der Waals surface area contributed by atoms with Gasteiger partial charge in [0, 0.05) is 3.58 Å². The molecule has 0 amide bonds. The van der Waals surface area contributed by atoms with Crippen molar-refractivity contribution in [1.82, 2.24) is 0 Å². The van der Waals surface area contributed by atoms with E-state index in [4.69, 9.17) is 0 Å². The molecule has 3 nitrogen and oxygen atoms in total. The first-order valence-electron chi connectivity index (χ1n) is 3.45. The maximum atomic E-state index is 10.9. The third kappa shape index (κ3) is 1.60. The van der Waals surface area contributed by atoms with Crippen molar-refractivity contribution in [2.24, 2.45) is 0 Å². The maximum Gasteiger partial charge on any atom is 0.170 e. The van der Waals surface area contributed by atoms with Crippen LogP contribution in [0.3, 0.4) is 0 Å². The quantitative estimate of drug-likeness (QED) is 0.690. The molecule has 0 unspecified atom stereocenters. The zero-order valence-corrected chi connectivity index (χ0v) is 8.65. The lowest BCUT2D eigenvalue weighted by Gasteiger charge is -2.27. The van der Waals surface area contributed by atoms with Gasteiger partial charge in [-0.3, -0.25) is 4.79 Å². The Labute approximate surface area is 83.9 Å². The first-order chi connectivity index (χ1) is 5.47. The number of Topliss-reactive ketones (excluding diaryl/α,β-unsaturated/α-hetero) is 1. The van der Waals surface area contributed by atoms with Gasteiger partial charge in [0.2, 0.25) is 0 Å². The van der Waals surface area contributed by atoms with Crippen molar-refractivity contribution in [3.8, 4) is 0 Å². The Morgan fingerprint density at radius 1 is 1.75 bits per heavy atom. The van der Waals surface area contributed by atoms with E-state index in [0.717, 1.165) is 3.58 Å². The van der Waals surface area contributed by atoms with Crippen molar-refractivity contribution in [2.75, 3.05) is 0 Å². The second kappa shape index (κ2) is 3.27. The summed E-state index contributed by atoms with van der Waals surface area (Å²) in [5.41, 5.74) is -1.73. The molecule has 2 N–H and O–H groups in total. The van der Waals surface area contributed by atoms with Crippen LogP contribution in [0.2, 0.25) is 0 Å². The van der Waals surface area contributed by atoms with Crippen LogP contribution in [-0.4, -0.2) is 27.7 Å². The predicted molar refractivity (Wildman–Crippen MR) is 52.9 cm³/mol. The van der Waals surface area contributed by atoms with Gasteiger partial charge in [-0.1, -0.05) is 0 Å². The molecule has 0 aromatic carbocycles. The number of carbonyl (C=O) groups is 1. The summed E-state index contributed by atoms with van der Waals surface area (Å²) in [4.78, 5) is 10.9. The van der Waals surface area contributed by atoms with E-state index in [1.165, 1.54) is 19.1 Å². The lowest BCUT2D eigenvalue weighted by atomic mass is 9.89. The SMILES string of the molecule is CC(=O)[C@@]1(O)C=CC(I)=C[C@@H]1O. The van der Waals surface area contributed by atoms with Gasteiger partial charge in [-0.2, -0.15) is 0 Å². The summed E-state index contributed by atoms with van der Waals surface area (Å²) in [6.45, 7) is 1.25. The number of rotatable bonds is 1. The van der Waals surface area contributed by atoms with E-state index in [2.05, 4.69) is 0 Å². The number of ketones is 1. The van der Waals surface area contributed by atoms with Gasteiger partial charge in [-0.15, -0.1) is 0 Å². The van der Waals surface area contributed by atoms with Gasteiger partial charge in [-0.25, -0.2) is 0 Å². The van der Waals surface area contributed by atoms with E-state index < -0.39 is 17.5 Å². The molecule has 1 rings (SSSR count). The molecule has 1 aliphatic rings. The topological polar surface area (TPSA) is 57.5 Å². The fourth-order valence-electron chi connectivity index (χ4n) is 0.964. The fourth-order valence-corrected chi connectivity index (χ4v) is 1.48. The van der Waals surface area contributed by atoms with Gasteiger partial charge in [0.25, 0.3) is 0 Å². The van der Waals surface area contributed by atoms with Crippen molar-refractivity contribution >= 4 is 28.4 Å². The smallest absolute Gasteiger partial charge is 0.170 e. The number of aliphatic hydroxyl groups is 2. The summed E-state index contributed by atoms with van der Waals surface area (Å²) in [5, 5.41) is 19.0. The van der Waals surface area contributed by atoms with Crippen LogP contribution in [-0.2, 0) is 4.79 Å². The number of hydrogen-bond acceptors (Lipinski definition) is 3. The molecule has 0 radical (unpaired) electrons. The van der Waals surface area contributed by atoms with Crippen molar-refractivity contribution in [3.63, 3.8) is 0 Å². The van der Waals surface area contributed by atoms with Gasteiger partial charge < -0.3 is 10.2 Å². The van der Waals surface area contributed by atoms with Crippen molar-refractivity contribution in [1.29, 1.82) is 0 Å². The van der Waals surface area contributed by atoms with Crippen LogP contribution < -0.4 is 0 Å². The Balaban J connectivity index is 2.99. The summed E-state index contributed by atoms with van der Waals surface area (Å²) < 4.78 is 0.811. The molecule has 1 aliphatic carbocycles. The highest BCUT2D eigenvalue weighted by Crippen LogP contribution is 2.25. The van der Waals surface area contributed by atoms with E-state index >= 15 is 0 Å². The third-order valence-electron chi connectivity index (χ3n) is 1.83. The molecular weight excluding hydrogens is 271 g/mol. The number of aliphatic hydroxyl groups excluding tert-OH is 1. The summed E-state index contributed by atoms with van der Waals surface area (Å²) in [6, 6.07) is 0. The Morgan fingerprint density at radius 2 is 2.33 bits per heavy atom. The van der Waals surface area contributed by atoms with E-state index in [1.54, 1.807) is 6.08 Å². The molecule has 0 saturated carbocycles. The minimum Gasteiger partial charge on any atom is -0.385 e. The molecule has 12 heavy (non-hydrogen) atoms. The van der Waals surface area contributed by atoms with Gasteiger partial charge >= 0.3 is 0 Å². The first-order valence-corrected chi connectivity index (χ1v) is 4.53. The molecule has 4 heteroatoms. The minimum atomic E-state index is -1.73. The minimum absolute atomic E-state index is 0.452. The van der Waals surface area contributed by atoms with E-state index in [0.29, 0.717) is 0 Å². The Morgan fingerprint density at radius 3 is 2.75 bits per heavy atom. The number of allylic oxidation sites excluding steroid dienone is 2.